The summed E-state index contributed by atoms with van der Waals surface area (Å²) in [5, 5.41) is 11.9. The number of benzene rings is 1. The second-order valence-corrected chi connectivity index (χ2v) is 5.80. The molecule has 1 aromatic carbocycles. The monoisotopic (exact) mass is 275 g/mol. The molecular weight excluding hydrogens is 254 g/mol. The number of anilines is 1. The van der Waals surface area contributed by atoms with Crippen molar-refractivity contribution >= 4 is 17.4 Å². The molecule has 0 radical (unpaired) electrons. The van der Waals surface area contributed by atoms with Gasteiger partial charge in [0.05, 0.1) is 0 Å². The highest BCUT2D eigenvalue weighted by atomic mass is 16.4. The summed E-state index contributed by atoms with van der Waals surface area (Å²) in [5.74, 6) is -0.217. The van der Waals surface area contributed by atoms with Crippen molar-refractivity contribution in [2.45, 2.75) is 39.7 Å². The van der Waals surface area contributed by atoms with Crippen molar-refractivity contribution < 1.29 is 10.0 Å². The molecule has 1 atom stereocenters. The summed E-state index contributed by atoms with van der Waals surface area (Å²) in [4.78, 5) is 14.6. The largest absolute Gasteiger partial charge is 0.409 e. The van der Waals surface area contributed by atoms with Crippen LogP contribution in [-0.2, 0) is 11.2 Å². The summed E-state index contributed by atoms with van der Waals surface area (Å²) in [5.41, 5.74) is 6.73. The van der Waals surface area contributed by atoms with Gasteiger partial charge in [-0.05, 0) is 45.2 Å². The molecular formula is C15H21N3O2. The molecule has 0 aliphatic carbocycles. The molecule has 1 heterocycles. The average Bonchev–Trinajstić information content (AvgIpc) is 2.45. The van der Waals surface area contributed by atoms with Gasteiger partial charge in [0.25, 0.3) is 0 Å². The fraction of sp³-hybridized carbons (Fsp3) is 0.467. The molecule has 1 aromatic rings. The van der Waals surface area contributed by atoms with Crippen LogP contribution in [0.15, 0.2) is 29.4 Å². The summed E-state index contributed by atoms with van der Waals surface area (Å²) < 4.78 is 0. The Morgan fingerprint density at radius 3 is 2.75 bits per heavy atom. The van der Waals surface area contributed by atoms with Crippen molar-refractivity contribution in [3.8, 4) is 0 Å². The van der Waals surface area contributed by atoms with Gasteiger partial charge in [0, 0.05) is 11.7 Å². The molecule has 2 rings (SSSR count). The van der Waals surface area contributed by atoms with Crippen LogP contribution in [0.1, 0.15) is 32.8 Å². The number of oxime groups is 1. The number of para-hydroxylation sites is 1. The Balaban J connectivity index is 2.44. The minimum atomic E-state index is -1.03. The molecule has 0 fully saturated rings. The molecule has 0 aromatic heterocycles. The summed E-state index contributed by atoms with van der Waals surface area (Å²) >= 11 is 0. The van der Waals surface area contributed by atoms with E-state index in [4.69, 9.17) is 10.9 Å². The van der Waals surface area contributed by atoms with Crippen molar-refractivity contribution in [2.75, 3.05) is 4.90 Å². The van der Waals surface area contributed by atoms with E-state index in [1.165, 1.54) is 0 Å². The third-order valence-corrected chi connectivity index (χ3v) is 4.02. The van der Waals surface area contributed by atoms with Crippen LogP contribution in [0, 0.1) is 5.41 Å². The highest BCUT2D eigenvalue weighted by Gasteiger charge is 2.40. The van der Waals surface area contributed by atoms with Gasteiger partial charge in [-0.1, -0.05) is 23.4 Å². The Morgan fingerprint density at radius 2 is 2.10 bits per heavy atom. The summed E-state index contributed by atoms with van der Waals surface area (Å²) in [6.45, 7) is 5.37. The third-order valence-electron chi connectivity index (χ3n) is 4.02. The number of fused-ring (bicyclic) bond motifs is 1. The maximum absolute atomic E-state index is 12.8. The molecule has 0 saturated carbocycles. The van der Waals surface area contributed by atoms with Gasteiger partial charge in [0.2, 0.25) is 5.91 Å². The molecule has 20 heavy (non-hydrogen) atoms. The first kappa shape index (κ1) is 14.4. The van der Waals surface area contributed by atoms with Crippen LogP contribution in [0.5, 0.6) is 0 Å². The summed E-state index contributed by atoms with van der Waals surface area (Å²) in [6.07, 6.45) is 1.88. The van der Waals surface area contributed by atoms with Gasteiger partial charge in [0.15, 0.2) is 5.84 Å². The van der Waals surface area contributed by atoms with E-state index >= 15 is 0 Å². The van der Waals surface area contributed by atoms with Crippen LogP contribution in [-0.4, -0.2) is 23.0 Å². The zero-order valence-corrected chi connectivity index (χ0v) is 12.1. The SMILES string of the molecule is CC1CCc2ccccc2N1C(=O)C(C)(C)C(N)=NO. The lowest BCUT2D eigenvalue weighted by Gasteiger charge is -2.39. The average molecular weight is 275 g/mol. The van der Waals surface area contributed by atoms with Gasteiger partial charge >= 0.3 is 0 Å². The lowest BCUT2D eigenvalue weighted by atomic mass is 9.87. The minimum absolute atomic E-state index is 0.0715. The maximum Gasteiger partial charge on any atom is 0.240 e. The number of nitrogens with zero attached hydrogens (tertiary/aromatic N) is 2. The number of hydrogen-bond acceptors (Lipinski definition) is 3. The number of amidine groups is 1. The summed E-state index contributed by atoms with van der Waals surface area (Å²) in [7, 11) is 0. The standard InChI is InChI=1S/C15H21N3O2/c1-10-8-9-11-6-4-5-7-12(11)18(10)14(19)15(2,3)13(16)17-20/h4-7,10,20H,8-9H2,1-3H3,(H2,16,17). The maximum atomic E-state index is 12.8. The van der Waals surface area contributed by atoms with E-state index in [-0.39, 0.29) is 17.8 Å². The zero-order valence-electron chi connectivity index (χ0n) is 12.1. The van der Waals surface area contributed by atoms with E-state index in [1.54, 1.807) is 18.7 Å². The first-order valence-electron chi connectivity index (χ1n) is 6.79. The normalized spacial score (nSPS) is 19.6. The molecule has 5 nitrogen and oxygen atoms in total. The third kappa shape index (κ3) is 2.24. The van der Waals surface area contributed by atoms with Crippen LogP contribution in [0.2, 0.25) is 0 Å². The molecule has 0 spiro atoms. The molecule has 1 amide bonds. The van der Waals surface area contributed by atoms with Crippen molar-refractivity contribution in [3.05, 3.63) is 29.8 Å². The molecule has 108 valence electrons. The minimum Gasteiger partial charge on any atom is -0.409 e. The zero-order chi connectivity index (χ0) is 14.9. The van der Waals surface area contributed by atoms with E-state index in [2.05, 4.69) is 5.16 Å². The van der Waals surface area contributed by atoms with Gasteiger partial charge in [0.1, 0.15) is 5.41 Å². The van der Waals surface area contributed by atoms with E-state index < -0.39 is 5.41 Å². The molecule has 1 unspecified atom stereocenters. The highest BCUT2D eigenvalue weighted by Crippen LogP contribution is 2.34. The lowest BCUT2D eigenvalue weighted by molar-refractivity contribution is -0.124. The second-order valence-electron chi connectivity index (χ2n) is 5.80. The highest BCUT2D eigenvalue weighted by molar-refractivity contribution is 6.12. The molecule has 1 aliphatic heterocycles. The van der Waals surface area contributed by atoms with E-state index in [9.17, 15) is 4.79 Å². The topological polar surface area (TPSA) is 78.9 Å². The fourth-order valence-corrected chi connectivity index (χ4v) is 2.53. The van der Waals surface area contributed by atoms with Gasteiger partial charge < -0.3 is 15.8 Å². The van der Waals surface area contributed by atoms with Crippen molar-refractivity contribution in [1.82, 2.24) is 0 Å². The van der Waals surface area contributed by atoms with E-state index in [0.29, 0.717) is 0 Å². The van der Waals surface area contributed by atoms with Crippen LogP contribution >= 0.6 is 0 Å². The number of carbonyl (C=O) groups excluding carboxylic acids is 1. The quantitative estimate of drug-likeness (QED) is 0.375. The van der Waals surface area contributed by atoms with Crippen LogP contribution < -0.4 is 10.6 Å². The Hall–Kier alpha value is -2.04. The number of carbonyl (C=O) groups is 1. The Bertz CT molecular complexity index is 552. The number of nitrogens with two attached hydrogens (primary N) is 1. The van der Waals surface area contributed by atoms with E-state index in [1.807, 2.05) is 31.2 Å². The molecule has 0 saturated heterocycles. The van der Waals surface area contributed by atoms with E-state index in [0.717, 1.165) is 24.1 Å². The first-order valence-corrected chi connectivity index (χ1v) is 6.79. The predicted molar refractivity (Wildman–Crippen MR) is 78.9 cm³/mol. The van der Waals surface area contributed by atoms with Gasteiger partial charge in [-0.25, -0.2) is 0 Å². The van der Waals surface area contributed by atoms with Crippen LogP contribution in [0.4, 0.5) is 5.69 Å². The van der Waals surface area contributed by atoms with Gasteiger partial charge in [-0.15, -0.1) is 0 Å². The number of amides is 1. The van der Waals surface area contributed by atoms with Crippen LogP contribution in [0.25, 0.3) is 0 Å². The molecule has 3 N–H and O–H groups in total. The Morgan fingerprint density at radius 1 is 1.45 bits per heavy atom. The smallest absolute Gasteiger partial charge is 0.240 e. The fourth-order valence-electron chi connectivity index (χ4n) is 2.53. The second kappa shape index (κ2) is 5.15. The van der Waals surface area contributed by atoms with Crippen LogP contribution in [0.3, 0.4) is 0 Å². The summed E-state index contributed by atoms with van der Waals surface area (Å²) in [6, 6.07) is 7.99. The van der Waals surface area contributed by atoms with Crippen molar-refractivity contribution in [3.63, 3.8) is 0 Å². The molecule has 1 aliphatic rings. The van der Waals surface area contributed by atoms with Gasteiger partial charge in [-0.2, -0.15) is 0 Å². The molecule has 5 heteroatoms. The molecule has 0 bridgehead atoms. The van der Waals surface area contributed by atoms with Crippen molar-refractivity contribution in [1.29, 1.82) is 0 Å². The Labute approximate surface area is 119 Å². The number of rotatable bonds is 2. The number of aryl methyl sites for hydroxylation is 1. The van der Waals surface area contributed by atoms with Crippen molar-refractivity contribution in [2.24, 2.45) is 16.3 Å². The van der Waals surface area contributed by atoms with Gasteiger partial charge in [-0.3, -0.25) is 4.79 Å². The number of hydrogen-bond donors (Lipinski definition) is 2. The predicted octanol–water partition coefficient (Wildman–Crippen LogP) is 2.13. The Kier molecular flexibility index (Phi) is 3.70. The first-order chi connectivity index (χ1) is 9.39. The lowest BCUT2D eigenvalue weighted by Crippen LogP contribution is -2.52.